The first-order valence-electron chi connectivity index (χ1n) is 12.8. The van der Waals surface area contributed by atoms with Crippen molar-refractivity contribution < 1.29 is 23.5 Å². The van der Waals surface area contributed by atoms with E-state index in [2.05, 4.69) is 6.92 Å². The average molecular weight is 466 g/mol. The van der Waals surface area contributed by atoms with Crippen molar-refractivity contribution >= 4 is 7.60 Å². The van der Waals surface area contributed by atoms with E-state index in [4.69, 9.17) is 19.5 Å². The number of nitrogens with two attached hydrogens (primary N) is 1. The Hall–Kier alpha value is 0.0300. The van der Waals surface area contributed by atoms with E-state index in [9.17, 15) is 9.67 Å². The van der Waals surface area contributed by atoms with Gasteiger partial charge in [-0.15, -0.1) is 0 Å². The van der Waals surface area contributed by atoms with Gasteiger partial charge >= 0.3 is 7.60 Å². The Morgan fingerprint density at radius 2 is 1.16 bits per heavy atom. The van der Waals surface area contributed by atoms with Gasteiger partial charge in [-0.3, -0.25) is 4.57 Å². The maximum atomic E-state index is 11.9. The molecule has 0 amide bonds. The summed E-state index contributed by atoms with van der Waals surface area (Å²) in [5.74, 6) is 0. The number of hydrogen-bond acceptors (Lipinski definition) is 6. The molecule has 31 heavy (non-hydrogen) atoms. The summed E-state index contributed by atoms with van der Waals surface area (Å²) in [7, 11) is -3.14. The second-order valence-corrected chi connectivity index (χ2v) is 10.8. The molecule has 6 nitrogen and oxygen atoms in total. The van der Waals surface area contributed by atoms with Crippen LogP contribution in [-0.2, 0) is 18.3 Å². The molecule has 0 spiro atoms. The minimum atomic E-state index is -3.14. The van der Waals surface area contributed by atoms with Crippen LogP contribution in [0.15, 0.2) is 0 Å². The van der Waals surface area contributed by atoms with Crippen LogP contribution in [0.5, 0.6) is 0 Å². The minimum Gasteiger partial charge on any atom is -0.388 e. The van der Waals surface area contributed by atoms with Gasteiger partial charge in [0, 0.05) is 19.8 Å². The van der Waals surface area contributed by atoms with Gasteiger partial charge in [-0.1, -0.05) is 103 Å². The smallest absolute Gasteiger partial charge is 0.327 e. The van der Waals surface area contributed by atoms with Crippen molar-refractivity contribution in [2.75, 3.05) is 39.6 Å². The summed E-state index contributed by atoms with van der Waals surface area (Å²) in [6.07, 6.45) is 20.8. The minimum absolute atomic E-state index is 0.0582. The second-order valence-electron chi connectivity index (χ2n) is 8.72. The van der Waals surface area contributed by atoms with Crippen molar-refractivity contribution in [1.29, 1.82) is 0 Å². The summed E-state index contributed by atoms with van der Waals surface area (Å²) in [4.78, 5) is 0. The number of aliphatic hydroxyl groups excluding tert-OH is 1. The zero-order chi connectivity index (χ0) is 23.0. The molecule has 0 rings (SSSR count). The van der Waals surface area contributed by atoms with E-state index in [1.165, 1.54) is 103 Å². The van der Waals surface area contributed by atoms with Crippen LogP contribution in [-0.4, -0.2) is 50.8 Å². The fourth-order valence-electron chi connectivity index (χ4n) is 3.50. The van der Waals surface area contributed by atoms with Crippen molar-refractivity contribution in [3.63, 3.8) is 0 Å². The molecule has 3 N–H and O–H groups in total. The first-order valence-corrected chi connectivity index (χ1v) is 14.8. The van der Waals surface area contributed by atoms with Crippen LogP contribution in [0, 0.1) is 0 Å². The molecule has 0 aromatic carbocycles. The summed E-state index contributed by atoms with van der Waals surface area (Å²) in [6, 6.07) is 0. The highest BCUT2D eigenvalue weighted by Gasteiger charge is 2.18. The first kappa shape index (κ1) is 31.0. The molecule has 188 valence electrons. The van der Waals surface area contributed by atoms with E-state index in [1.807, 2.05) is 0 Å². The van der Waals surface area contributed by atoms with Crippen LogP contribution in [0.25, 0.3) is 0 Å². The molecule has 0 radical (unpaired) electrons. The van der Waals surface area contributed by atoms with E-state index in [0.29, 0.717) is 6.61 Å². The molecule has 1 unspecified atom stereocenters. The van der Waals surface area contributed by atoms with Gasteiger partial charge < -0.3 is 24.6 Å². The van der Waals surface area contributed by atoms with Crippen molar-refractivity contribution in [2.24, 2.45) is 5.73 Å². The highest BCUT2D eigenvalue weighted by atomic mass is 31.2. The quantitative estimate of drug-likeness (QED) is 0.119. The zero-order valence-corrected chi connectivity index (χ0v) is 21.4. The third-order valence-corrected chi connectivity index (χ3v) is 6.67. The highest BCUT2D eigenvalue weighted by molar-refractivity contribution is 7.52. The molecule has 0 saturated heterocycles. The number of ether oxygens (including phenoxy) is 1. The summed E-state index contributed by atoms with van der Waals surface area (Å²) < 4.78 is 27.5. The molecule has 7 heteroatoms. The molecule has 0 aliphatic rings. The van der Waals surface area contributed by atoms with Crippen molar-refractivity contribution in [1.82, 2.24) is 0 Å². The van der Waals surface area contributed by atoms with Crippen LogP contribution < -0.4 is 5.73 Å². The van der Waals surface area contributed by atoms with Crippen LogP contribution in [0.4, 0.5) is 0 Å². The van der Waals surface area contributed by atoms with Crippen molar-refractivity contribution in [2.45, 2.75) is 116 Å². The molecule has 0 saturated carbocycles. The highest BCUT2D eigenvalue weighted by Crippen LogP contribution is 2.43. The Balaban J connectivity index is 3.25. The largest absolute Gasteiger partial charge is 0.388 e. The molecular weight excluding hydrogens is 413 g/mol. The Morgan fingerprint density at radius 1 is 0.710 bits per heavy atom. The van der Waals surface area contributed by atoms with E-state index in [-0.39, 0.29) is 26.4 Å². The second kappa shape index (κ2) is 23.2. The van der Waals surface area contributed by atoms with E-state index >= 15 is 0 Å². The number of hydrogen-bond donors (Lipinski definition) is 2. The fourth-order valence-corrected chi connectivity index (χ4v) is 4.45. The lowest BCUT2D eigenvalue weighted by Crippen LogP contribution is -2.22. The molecule has 2 atom stereocenters. The topological polar surface area (TPSA) is 91.0 Å². The maximum Gasteiger partial charge on any atom is 0.327 e. The number of rotatable bonds is 25. The molecule has 0 aromatic heterocycles. The summed E-state index contributed by atoms with van der Waals surface area (Å²) in [5, 5.41) is 9.82. The van der Waals surface area contributed by atoms with E-state index in [0.717, 1.165) is 6.42 Å². The monoisotopic (exact) mass is 465 g/mol. The van der Waals surface area contributed by atoms with Crippen LogP contribution >= 0.6 is 7.60 Å². The van der Waals surface area contributed by atoms with Crippen molar-refractivity contribution in [3.8, 4) is 0 Å². The summed E-state index contributed by atoms with van der Waals surface area (Å²) >= 11 is 0. The Morgan fingerprint density at radius 3 is 1.61 bits per heavy atom. The molecule has 0 fully saturated rings. The van der Waals surface area contributed by atoms with Crippen LogP contribution in [0.2, 0.25) is 0 Å². The van der Waals surface area contributed by atoms with Crippen LogP contribution in [0.3, 0.4) is 0 Å². The van der Waals surface area contributed by atoms with Gasteiger partial charge in [0.2, 0.25) is 0 Å². The van der Waals surface area contributed by atoms with Gasteiger partial charge in [0.05, 0.1) is 19.8 Å². The van der Waals surface area contributed by atoms with Gasteiger partial charge in [-0.25, -0.2) is 0 Å². The Bertz CT molecular complexity index is 411. The third kappa shape index (κ3) is 24.5. The predicted octanol–water partition coefficient (Wildman–Crippen LogP) is 6.44. The maximum absolute atomic E-state index is 11.9. The standard InChI is InChI=1S/C24H52NO5P/c1-3-4-5-6-7-8-9-10-11-12-13-14-15-16-17-18-20-28-22-24(26)23-30-31(2,27)29-21-19-25/h24,26H,3-23,25H2,1-2H3/t24-,31?/m1/s1. The van der Waals surface area contributed by atoms with Gasteiger partial charge in [0.1, 0.15) is 6.10 Å². The summed E-state index contributed by atoms with van der Waals surface area (Å²) in [6.45, 7) is 4.89. The summed E-state index contributed by atoms with van der Waals surface area (Å²) in [5.41, 5.74) is 5.30. The molecular formula is C24H52NO5P. The van der Waals surface area contributed by atoms with Gasteiger partial charge in [-0.2, -0.15) is 0 Å². The lowest BCUT2D eigenvalue weighted by atomic mass is 10.0. The predicted molar refractivity (Wildman–Crippen MR) is 131 cm³/mol. The fraction of sp³-hybridized carbons (Fsp3) is 1.00. The van der Waals surface area contributed by atoms with Gasteiger partial charge in [0.25, 0.3) is 0 Å². The van der Waals surface area contributed by atoms with E-state index in [1.54, 1.807) is 0 Å². The molecule has 0 aliphatic heterocycles. The molecule has 0 aliphatic carbocycles. The van der Waals surface area contributed by atoms with Gasteiger partial charge in [-0.05, 0) is 6.42 Å². The average Bonchev–Trinajstić information content (AvgIpc) is 2.75. The Kier molecular flexibility index (Phi) is 23.2. The van der Waals surface area contributed by atoms with Crippen molar-refractivity contribution in [3.05, 3.63) is 0 Å². The lowest BCUT2D eigenvalue weighted by molar-refractivity contribution is 0.00778. The van der Waals surface area contributed by atoms with Gasteiger partial charge in [0.15, 0.2) is 0 Å². The normalized spacial score (nSPS) is 14.6. The zero-order valence-electron chi connectivity index (χ0n) is 20.5. The first-order chi connectivity index (χ1) is 15.0. The molecule has 0 heterocycles. The molecule has 0 aromatic rings. The SMILES string of the molecule is CCCCCCCCCCCCCCCCCCOC[C@@H](O)COP(C)(=O)OCCN. The lowest BCUT2D eigenvalue weighted by Gasteiger charge is -2.16. The number of unbranched alkanes of at least 4 members (excludes halogenated alkanes) is 15. The molecule has 0 bridgehead atoms. The van der Waals surface area contributed by atoms with Crippen LogP contribution in [0.1, 0.15) is 110 Å². The Labute approximate surface area is 192 Å². The number of aliphatic hydroxyl groups is 1. The third-order valence-electron chi connectivity index (χ3n) is 5.40. The van der Waals surface area contributed by atoms with E-state index < -0.39 is 13.7 Å².